The van der Waals surface area contributed by atoms with E-state index < -0.39 is 20.9 Å². The number of hydrogen-bond donors (Lipinski definition) is 1. The first kappa shape index (κ1) is 9.73. The molecule has 0 fully saturated rings. The fourth-order valence-electron chi connectivity index (χ4n) is 0.955. The second-order valence-electron chi connectivity index (χ2n) is 2.79. The third kappa shape index (κ3) is 1.49. The standard InChI is InChI=1S/C5H6N6O3S/c1-10-2-7-3-8-4(15(6,13)14)9-11(3)5(10)12/h2H,1H3,(H2,6,13,14). The van der Waals surface area contributed by atoms with Gasteiger partial charge in [-0.1, -0.05) is 0 Å². The van der Waals surface area contributed by atoms with Crippen LogP contribution in [0.4, 0.5) is 0 Å². The molecule has 0 amide bonds. The summed E-state index contributed by atoms with van der Waals surface area (Å²) in [5, 5.41) is 7.62. The molecule has 80 valence electrons. The summed E-state index contributed by atoms with van der Waals surface area (Å²) in [6.45, 7) is 0. The van der Waals surface area contributed by atoms with E-state index in [1.165, 1.54) is 13.4 Å². The van der Waals surface area contributed by atoms with Gasteiger partial charge in [0.1, 0.15) is 6.33 Å². The first-order valence-electron chi connectivity index (χ1n) is 3.71. The summed E-state index contributed by atoms with van der Waals surface area (Å²) in [7, 11) is -2.57. The van der Waals surface area contributed by atoms with E-state index in [9.17, 15) is 13.2 Å². The molecule has 0 spiro atoms. The van der Waals surface area contributed by atoms with Gasteiger partial charge in [-0.15, -0.1) is 9.61 Å². The molecule has 0 aliphatic carbocycles. The Bertz CT molecular complexity index is 682. The molecule has 0 aromatic carbocycles. The van der Waals surface area contributed by atoms with Crippen LogP contribution in [0.15, 0.2) is 16.3 Å². The van der Waals surface area contributed by atoms with Gasteiger partial charge in [-0.3, -0.25) is 4.57 Å². The third-order valence-corrected chi connectivity index (χ3v) is 2.34. The van der Waals surface area contributed by atoms with Crippen LogP contribution in [0.25, 0.3) is 5.78 Å². The number of aryl methyl sites for hydroxylation is 1. The molecule has 15 heavy (non-hydrogen) atoms. The largest absolute Gasteiger partial charge is 0.352 e. The fraction of sp³-hybridized carbons (Fsp3) is 0.200. The van der Waals surface area contributed by atoms with Gasteiger partial charge in [-0.05, 0) is 0 Å². The lowest BCUT2D eigenvalue weighted by Crippen LogP contribution is -2.25. The number of hydrogen-bond acceptors (Lipinski definition) is 6. The Balaban J connectivity index is 2.89. The smallest absolute Gasteiger partial charge is 0.286 e. The topological polar surface area (TPSA) is 125 Å². The van der Waals surface area contributed by atoms with Gasteiger partial charge < -0.3 is 0 Å². The molecular formula is C5H6N6O3S. The van der Waals surface area contributed by atoms with Crippen molar-refractivity contribution in [2.45, 2.75) is 5.16 Å². The molecule has 0 unspecified atom stereocenters. The number of nitrogens with two attached hydrogens (primary N) is 1. The summed E-state index contributed by atoms with van der Waals surface area (Å²) in [6, 6.07) is 0. The molecule has 0 bridgehead atoms. The van der Waals surface area contributed by atoms with Gasteiger partial charge in [0.2, 0.25) is 0 Å². The Morgan fingerprint density at radius 1 is 1.47 bits per heavy atom. The first-order chi connectivity index (χ1) is 6.89. The van der Waals surface area contributed by atoms with Crippen molar-refractivity contribution in [2.24, 2.45) is 12.2 Å². The number of nitrogens with zero attached hydrogens (tertiary/aromatic N) is 5. The average Bonchev–Trinajstić information content (AvgIpc) is 2.55. The van der Waals surface area contributed by atoms with Crippen LogP contribution in [-0.2, 0) is 17.1 Å². The van der Waals surface area contributed by atoms with E-state index in [0.717, 1.165) is 9.08 Å². The van der Waals surface area contributed by atoms with Gasteiger partial charge in [-0.25, -0.2) is 23.3 Å². The summed E-state index contributed by atoms with van der Waals surface area (Å²) in [4.78, 5) is 18.6. The van der Waals surface area contributed by atoms with Crippen LogP contribution in [-0.4, -0.2) is 32.6 Å². The third-order valence-electron chi connectivity index (χ3n) is 1.65. The van der Waals surface area contributed by atoms with Gasteiger partial charge in [0, 0.05) is 7.05 Å². The van der Waals surface area contributed by atoms with E-state index in [-0.39, 0.29) is 5.78 Å². The summed E-state index contributed by atoms with van der Waals surface area (Å²) in [5.41, 5.74) is -0.553. The van der Waals surface area contributed by atoms with Crippen molar-refractivity contribution in [3.8, 4) is 0 Å². The van der Waals surface area contributed by atoms with E-state index in [2.05, 4.69) is 15.1 Å². The molecular weight excluding hydrogens is 224 g/mol. The molecule has 2 N–H and O–H groups in total. The van der Waals surface area contributed by atoms with Crippen LogP contribution in [0.3, 0.4) is 0 Å². The Hall–Kier alpha value is -1.81. The van der Waals surface area contributed by atoms with E-state index in [4.69, 9.17) is 5.14 Å². The van der Waals surface area contributed by atoms with Gasteiger partial charge >= 0.3 is 5.69 Å². The minimum Gasteiger partial charge on any atom is -0.286 e. The normalized spacial score (nSPS) is 12.1. The van der Waals surface area contributed by atoms with Crippen molar-refractivity contribution in [3.63, 3.8) is 0 Å². The van der Waals surface area contributed by atoms with E-state index >= 15 is 0 Å². The van der Waals surface area contributed by atoms with Crippen LogP contribution < -0.4 is 10.8 Å². The lowest BCUT2D eigenvalue weighted by atomic mass is 10.9. The zero-order chi connectivity index (χ0) is 11.2. The summed E-state index contributed by atoms with van der Waals surface area (Å²) in [6.07, 6.45) is 1.21. The number of fused-ring (bicyclic) bond motifs is 1. The lowest BCUT2D eigenvalue weighted by molar-refractivity contribution is 0.587. The van der Waals surface area contributed by atoms with Crippen molar-refractivity contribution in [1.82, 2.24) is 24.1 Å². The maximum Gasteiger partial charge on any atom is 0.352 e. The molecule has 9 nitrogen and oxygen atoms in total. The molecule has 10 heteroatoms. The quantitative estimate of drug-likeness (QED) is 0.575. The highest BCUT2D eigenvalue weighted by atomic mass is 32.2. The van der Waals surface area contributed by atoms with Crippen LogP contribution in [0, 0.1) is 0 Å². The van der Waals surface area contributed by atoms with Crippen molar-refractivity contribution in [3.05, 3.63) is 16.8 Å². The molecule has 0 atom stereocenters. The predicted octanol–water partition coefficient (Wildman–Crippen LogP) is -2.53. The first-order valence-corrected chi connectivity index (χ1v) is 5.25. The monoisotopic (exact) mass is 230 g/mol. The van der Waals surface area contributed by atoms with E-state index in [1.807, 2.05) is 0 Å². The maximum absolute atomic E-state index is 11.4. The Labute approximate surface area is 83.2 Å². The molecule has 2 aromatic heterocycles. The van der Waals surface area contributed by atoms with Crippen molar-refractivity contribution in [2.75, 3.05) is 0 Å². The number of aromatic nitrogens is 5. The van der Waals surface area contributed by atoms with Gasteiger partial charge in [0.15, 0.2) is 0 Å². The predicted molar refractivity (Wildman–Crippen MR) is 47.4 cm³/mol. The van der Waals surface area contributed by atoms with Crippen LogP contribution in [0.5, 0.6) is 0 Å². The highest BCUT2D eigenvalue weighted by molar-refractivity contribution is 7.89. The maximum atomic E-state index is 11.4. The van der Waals surface area contributed by atoms with Crippen LogP contribution in [0.1, 0.15) is 0 Å². The highest BCUT2D eigenvalue weighted by Gasteiger charge is 2.17. The molecule has 2 aromatic rings. The Kier molecular flexibility index (Phi) is 1.84. The van der Waals surface area contributed by atoms with Crippen molar-refractivity contribution in [1.29, 1.82) is 0 Å². The van der Waals surface area contributed by atoms with Gasteiger partial charge in [0.25, 0.3) is 21.0 Å². The van der Waals surface area contributed by atoms with Crippen LogP contribution >= 0.6 is 0 Å². The van der Waals surface area contributed by atoms with E-state index in [0.29, 0.717) is 0 Å². The minimum absolute atomic E-state index is 0.109. The highest BCUT2D eigenvalue weighted by Crippen LogP contribution is 1.98. The Morgan fingerprint density at radius 2 is 2.13 bits per heavy atom. The molecule has 2 rings (SSSR count). The number of sulfonamides is 1. The number of rotatable bonds is 1. The second-order valence-corrected chi connectivity index (χ2v) is 4.24. The summed E-state index contributed by atoms with van der Waals surface area (Å²) >= 11 is 0. The molecule has 0 saturated heterocycles. The summed E-state index contributed by atoms with van der Waals surface area (Å²) in [5.74, 6) is -0.109. The van der Waals surface area contributed by atoms with E-state index in [1.54, 1.807) is 0 Å². The molecule has 2 heterocycles. The molecule has 0 aliphatic heterocycles. The molecule has 0 radical (unpaired) electrons. The molecule has 0 saturated carbocycles. The SMILES string of the molecule is Cn1cnc2nc(S(N)(=O)=O)nn2c1=O. The second kappa shape index (κ2) is 2.84. The Morgan fingerprint density at radius 3 is 2.73 bits per heavy atom. The van der Waals surface area contributed by atoms with Gasteiger partial charge in [-0.2, -0.15) is 4.98 Å². The molecule has 0 aliphatic rings. The minimum atomic E-state index is -4.03. The van der Waals surface area contributed by atoms with Crippen molar-refractivity contribution < 1.29 is 8.42 Å². The lowest BCUT2D eigenvalue weighted by Gasteiger charge is -1.93. The number of primary sulfonamides is 1. The zero-order valence-electron chi connectivity index (χ0n) is 7.52. The van der Waals surface area contributed by atoms with Crippen molar-refractivity contribution >= 4 is 15.8 Å². The van der Waals surface area contributed by atoms with Gasteiger partial charge in [0.05, 0.1) is 0 Å². The fourth-order valence-corrected chi connectivity index (χ4v) is 1.36. The zero-order valence-corrected chi connectivity index (χ0v) is 8.34. The van der Waals surface area contributed by atoms with Crippen LogP contribution in [0.2, 0.25) is 0 Å². The summed E-state index contributed by atoms with van der Waals surface area (Å²) < 4.78 is 23.7. The average molecular weight is 230 g/mol.